The van der Waals surface area contributed by atoms with Crippen molar-refractivity contribution in [3.05, 3.63) is 58.4 Å². The molecule has 1 N–H and O–H groups in total. The quantitative estimate of drug-likeness (QED) is 0.579. The number of amides is 1. The standard InChI is InChI=1S/C27H34F3N3O3/c1-16-17(2)24(36-11-10-26(4,5)35)9-7-22(16)18(3)32-14-21-12-20(32)15-33(21)25(34)23-8-6-19(13-31-23)27(28,29)30/h6-9,13,18,20-21,35H,10-12,14-15H2,1-5H3/t18-,20+,21+/m0/s1. The van der Waals surface area contributed by atoms with Crippen LogP contribution in [0.2, 0.25) is 0 Å². The maximum atomic E-state index is 13.0. The molecule has 1 aromatic heterocycles. The zero-order valence-electron chi connectivity index (χ0n) is 21.4. The van der Waals surface area contributed by atoms with E-state index in [4.69, 9.17) is 4.74 Å². The van der Waals surface area contributed by atoms with Gasteiger partial charge in [0.15, 0.2) is 0 Å². The van der Waals surface area contributed by atoms with Gasteiger partial charge in [-0.1, -0.05) is 6.07 Å². The van der Waals surface area contributed by atoms with E-state index in [1.165, 1.54) is 5.56 Å². The van der Waals surface area contributed by atoms with Gasteiger partial charge in [-0.15, -0.1) is 0 Å². The molecule has 36 heavy (non-hydrogen) atoms. The molecule has 2 aliphatic heterocycles. The number of carbonyl (C=O) groups excluding carboxylic acids is 1. The van der Waals surface area contributed by atoms with Crippen LogP contribution in [0.5, 0.6) is 5.75 Å². The molecule has 1 amide bonds. The summed E-state index contributed by atoms with van der Waals surface area (Å²) in [6, 6.07) is 6.49. The largest absolute Gasteiger partial charge is 0.493 e. The fraction of sp³-hybridized carbons (Fsp3) is 0.556. The molecular weight excluding hydrogens is 471 g/mol. The average Bonchev–Trinajstić information content (AvgIpc) is 3.41. The number of aromatic nitrogens is 1. The van der Waals surface area contributed by atoms with Crippen molar-refractivity contribution in [2.45, 2.75) is 77.4 Å². The van der Waals surface area contributed by atoms with E-state index in [0.29, 0.717) is 26.1 Å². The highest BCUT2D eigenvalue weighted by molar-refractivity contribution is 5.93. The number of ether oxygens (including phenoxy) is 1. The first-order valence-electron chi connectivity index (χ1n) is 12.3. The summed E-state index contributed by atoms with van der Waals surface area (Å²) in [5.41, 5.74) is 1.85. The summed E-state index contributed by atoms with van der Waals surface area (Å²) >= 11 is 0. The highest BCUT2D eigenvalue weighted by Crippen LogP contribution is 2.39. The van der Waals surface area contributed by atoms with Gasteiger partial charge < -0.3 is 14.7 Å². The minimum absolute atomic E-state index is 0.0138. The van der Waals surface area contributed by atoms with Crippen molar-refractivity contribution in [3.8, 4) is 5.75 Å². The number of piperazine rings is 1. The molecule has 3 heterocycles. The van der Waals surface area contributed by atoms with Gasteiger partial charge in [0.05, 0.1) is 17.8 Å². The number of carbonyl (C=O) groups is 1. The second-order valence-corrected chi connectivity index (χ2v) is 10.6. The summed E-state index contributed by atoms with van der Waals surface area (Å²) < 4.78 is 44.4. The van der Waals surface area contributed by atoms with Crippen molar-refractivity contribution in [1.82, 2.24) is 14.8 Å². The first-order chi connectivity index (χ1) is 16.8. The third-order valence-electron chi connectivity index (χ3n) is 7.55. The number of fused-ring (bicyclic) bond motifs is 2. The van der Waals surface area contributed by atoms with Gasteiger partial charge in [-0.25, -0.2) is 0 Å². The molecule has 6 nitrogen and oxygen atoms in total. The summed E-state index contributed by atoms with van der Waals surface area (Å²) in [5.74, 6) is 0.500. The zero-order chi connectivity index (χ0) is 26.4. The number of likely N-dealkylation sites (tertiary alicyclic amines) is 2. The number of halogens is 3. The second-order valence-electron chi connectivity index (χ2n) is 10.6. The van der Waals surface area contributed by atoms with Crippen LogP contribution in [-0.4, -0.2) is 63.2 Å². The lowest BCUT2D eigenvalue weighted by atomic mass is 9.96. The number of nitrogens with zero attached hydrogens (tertiary/aromatic N) is 3. The predicted molar refractivity (Wildman–Crippen MR) is 130 cm³/mol. The molecule has 0 radical (unpaired) electrons. The van der Waals surface area contributed by atoms with Crippen LogP contribution < -0.4 is 4.74 Å². The summed E-state index contributed by atoms with van der Waals surface area (Å²) in [6.07, 6.45) is -2.38. The Morgan fingerprint density at radius 1 is 1.14 bits per heavy atom. The van der Waals surface area contributed by atoms with Crippen molar-refractivity contribution >= 4 is 5.91 Å². The highest BCUT2D eigenvalue weighted by atomic mass is 19.4. The smallest absolute Gasteiger partial charge is 0.417 e. The van der Waals surface area contributed by atoms with Gasteiger partial charge in [0.2, 0.25) is 0 Å². The first-order valence-corrected chi connectivity index (χ1v) is 12.3. The summed E-state index contributed by atoms with van der Waals surface area (Å²) in [4.78, 5) is 20.9. The molecule has 0 saturated carbocycles. The van der Waals surface area contributed by atoms with Crippen LogP contribution >= 0.6 is 0 Å². The van der Waals surface area contributed by atoms with Gasteiger partial charge in [-0.05, 0) is 75.9 Å². The Labute approximate surface area is 210 Å². The van der Waals surface area contributed by atoms with E-state index in [2.05, 4.69) is 29.8 Å². The van der Waals surface area contributed by atoms with Crippen LogP contribution in [-0.2, 0) is 6.18 Å². The van der Waals surface area contributed by atoms with E-state index >= 15 is 0 Å². The van der Waals surface area contributed by atoms with Gasteiger partial charge >= 0.3 is 6.18 Å². The third-order valence-corrected chi connectivity index (χ3v) is 7.55. The van der Waals surface area contributed by atoms with E-state index in [1.54, 1.807) is 18.7 Å². The number of pyridine rings is 1. The van der Waals surface area contributed by atoms with Gasteiger partial charge in [-0.3, -0.25) is 14.7 Å². The molecule has 0 aliphatic carbocycles. The molecule has 2 fully saturated rings. The van der Waals surface area contributed by atoms with E-state index in [-0.39, 0.29) is 29.7 Å². The lowest BCUT2D eigenvalue weighted by Gasteiger charge is -2.38. The van der Waals surface area contributed by atoms with Crippen LogP contribution in [0.4, 0.5) is 13.2 Å². The SMILES string of the molecule is Cc1c(OCCC(C)(C)O)ccc([C@H](C)N2C[C@H]3C[C@@H]2CN3C(=O)c2ccc(C(F)(F)F)cn2)c1C. The molecule has 1 aromatic carbocycles. The lowest BCUT2D eigenvalue weighted by molar-refractivity contribution is -0.137. The molecule has 9 heteroatoms. The van der Waals surface area contributed by atoms with Gasteiger partial charge in [-0.2, -0.15) is 13.2 Å². The van der Waals surface area contributed by atoms with Gasteiger partial charge in [0.25, 0.3) is 5.91 Å². The molecular formula is C27H34F3N3O3. The Morgan fingerprint density at radius 2 is 1.86 bits per heavy atom. The lowest BCUT2D eigenvalue weighted by Crippen LogP contribution is -2.49. The van der Waals surface area contributed by atoms with Crippen LogP contribution in [0.15, 0.2) is 30.5 Å². The zero-order valence-corrected chi connectivity index (χ0v) is 21.4. The van der Waals surface area contributed by atoms with Crippen molar-refractivity contribution in [2.24, 2.45) is 0 Å². The maximum Gasteiger partial charge on any atom is 0.417 e. The number of hydrogen-bond acceptors (Lipinski definition) is 5. The van der Waals surface area contributed by atoms with Crippen molar-refractivity contribution in [1.29, 1.82) is 0 Å². The van der Waals surface area contributed by atoms with Crippen LogP contribution in [0.3, 0.4) is 0 Å². The number of benzene rings is 1. The van der Waals surface area contributed by atoms with Crippen LogP contribution in [0.25, 0.3) is 0 Å². The van der Waals surface area contributed by atoms with E-state index < -0.39 is 17.3 Å². The van der Waals surface area contributed by atoms with Crippen molar-refractivity contribution in [3.63, 3.8) is 0 Å². The minimum Gasteiger partial charge on any atom is -0.493 e. The molecule has 2 bridgehead atoms. The van der Waals surface area contributed by atoms with Crippen molar-refractivity contribution in [2.75, 3.05) is 19.7 Å². The minimum atomic E-state index is -4.48. The Balaban J connectivity index is 1.40. The Morgan fingerprint density at radius 3 is 2.42 bits per heavy atom. The predicted octanol–water partition coefficient (Wildman–Crippen LogP) is 4.92. The second kappa shape index (κ2) is 9.67. The van der Waals surface area contributed by atoms with Crippen LogP contribution in [0.1, 0.15) is 72.4 Å². The molecule has 2 saturated heterocycles. The van der Waals surface area contributed by atoms with Crippen molar-refractivity contribution < 1.29 is 27.8 Å². The fourth-order valence-corrected chi connectivity index (χ4v) is 5.27. The van der Waals surface area contributed by atoms with E-state index in [9.17, 15) is 23.1 Å². The van der Waals surface area contributed by atoms with Gasteiger partial charge in [0.1, 0.15) is 11.4 Å². The van der Waals surface area contributed by atoms with E-state index in [1.807, 2.05) is 13.0 Å². The van der Waals surface area contributed by atoms with Crippen LogP contribution in [0, 0.1) is 13.8 Å². The summed E-state index contributed by atoms with van der Waals surface area (Å²) in [6.45, 7) is 11.5. The molecule has 3 atom stereocenters. The van der Waals surface area contributed by atoms with Gasteiger partial charge in [0, 0.05) is 43.8 Å². The number of alkyl halides is 3. The van der Waals surface area contributed by atoms with E-state index in [0.717, 1.165) is 41.6 Å². The molecule has 196 valence electrons. The molecule has 2 aromatic rings. The maximum absolute atomic E-state index is 13.0. The summed E-state index contributed by atoms with van der Waals surface area (Å²) in [7, 11) is 0. The first kappa shape index (κ1) is 26.4. The topological polar surface area (TPSA) is 65.9 Å². The molecule has 2 aliphatic rings. The highest BCUT2D eigenvalue weighted by Gasteiger charge is 2.47. The molecule has 0 spiro atoms. The average molecular weight is 506 g/mol. The monoisotopic (exact) mass is 505 g/mol. The Bertz CT molecular complexity index is 1110. The number of hydrogen-bond donors (Lipinski definition) is 1. The molecule has 4 rings (SSSR count). The Kier molecular flexibility index (Phi) is 7.09. The fourth-order valence-electron chi connectivity index (χ4n) is 5.27. The Hall–Kier alpha value is -2.65. The molecule has 0 unspecified atom stereocenters. The number of aliphatic hydroxyl groups is 1. The third kappa shape index (κ3) is 5.37. The summed E-state index contributed by atoms with van der Waals surface area (Å²) in [5, 5.41) is 9.91. The number of rotatable bonds is 7. The normalized spacial score (nSPS) is 21.2.